The van der Waals surface area contributed by atoms with Gasteiger partial charge in [-0.05, 0) is 31.0 Å². The minimum Gasteiger partial charge on any atom is -0.469 e. The molecule has 1 N–H and O–H groups in total. The van der Waals surface area contributed by atoms with Crippen molar-refractivity contribution < 1.29 is 12.8 Å². The molecule has 1 aromatic carbocycles. The molecule has 1 aliphatic carbocycles. The smallest absolute Gasteiger partial charge is 0.241 e. The molecule has 0 fully saturated rings. The van der Waals surface area contributed by atoms with Crippen LogP contribution in [0.5, 0.6) is 0 Å². The molecule has 2 aromatic rings. The van der Waals surface area contributed by atoms with Crippen LogP contribution in [0.2, 0.25) is 0 Å². The number of aryl methyl sites for hydroxylation is 1. The van der Waals surface area contributed by atoms with Gasteiger partial charge in [-0.3, -0.25) is 0 Å². The van der Waals surface area contributed by atoms with Gasteiger partial charge in [-0.25, -0.2) is 13.1 Å². The van der Waals surface area contributed by atoms with E-state index < -0.39 is 10.0 Å². The van der Waals surface area contributed by atoms with Crippen LogP contribution in [0, 0.1) is 0 Å². The van der Waals surface area contributed by atoms with Crippen LogP contribution in [-0.2, 0) is 16.4 Å². The summed E-state index contributed by atoms with van der Waals surface area (Å²) >= 11 is 0. The van der Waals surface area contributed by atoms with Crippen molar-refractivity contribution in [2.24, 2.45) is 0 Å². The molecule has 5 heteroatoms. The van der Waals surface area contributed by atoms with Gasteiger partial charge in [-0.1, -0.05) is 18.2 Å². The second kappa shape index (κ2) is 4.83. The number of hydrogen-bond donors (Lipinski definition) is 1. The van der Waals surface area contributed by atoms with Crippen LogP contribution >= 0.6 is 0 Å². The van der Waals surface area contributed by atoms with Crippen LogP contribution in [0.1, 0.15) is 30.2 Å². The van der Waals surface area contributed by atoms with Gasteiger partial charge in [-0.15, -0.1) is 0 Å². The van der Waals surface area contributed by atoms with Crippen LogP contribution < -0.4 is 4.72 Å². The fourth-order valence-electron chi connectivity index (χ4n) is 2.46. The van der Waals surface area contributed by atoms with Gasteiger partial charge < -0.3 is 4.42 Å². The summed E-state index contributed by atoms with van der Waals surface area (Å²) in [5, 5.41) is 0. The highest BCUT2D eigenvalue weighted by Gasteiger charge is 2.27. The third-order valence-corrected chi connectivity index (χ3v) is 4.89. The Balaban J connectivity index is 1.88. The van der Waals surface area contributed by atoms with Crippen LogP contribution in [0.3, 0.4) is 0 Å². The van der Waals surface area contributed by atoms with Crippen molar-refractivity contribution in [3.8, 4) is 0 Å². The highest BCUT2D eigenvalue weighted by atomic mass is 32.2. The molecule has 0 saturated heterocycles. The molecule has 0 aliphatic heterocycles. The summed E-state index contributed by atoms with van der Waals surface area (Å²) in [5.41, 5.74) is 0.964. The molecule has 19 heavy (non-hydrogen) atoms. The summed E-state index contributed by atoms with van der Waals surface area (Å²) in [6.45, 7) is 0. The van der Waals surface area contributed by atoms with Gasteiger partial charge in [0.2, 0.25) is 10.0 Å². The zero-order valence-corrected chi connectivity index (χ0v) is 11.2. The zero-order valence-electron chi connectivity index (χ0n) is 10.4. The Kier molecular flexibility index (Phi) is 3.16. The van der Waals surface area contributed by atoms with Crippen molar-refractivity contribution in [1.82, 2.24) is 4.72 Å². The number of nitrogens with one attached hydrogen (secondary N) is 1. The average Bonchev–Trinajstić information content (AvgIpc) is 2.89. The van der Waals surface area contributed by atoms with E-state index in [9.17, 15) is 8.42 Å². The van der Waals surface area contributed by atoms with Gasteiger partial charge in [0, 0.05) is 12.0 Å². The van der Waals surface area contributed by atoms with Gasteiger partial charge in [0.1, 0.15) is 5.76 Å². The molecule has 3 rings (SSSR count). The molecule has 0 bridgehead atoms. The molecule has 0 amide bonds. The number of fused-ring (bicyclic) bond motifs is 1. The quantitative estimate of drug-likeness (QED) is 0.938. The van der Waals surface area contributed by atoms with E-state index in [4.69, 9.17) is 4.42 Å². The molecule has 0 saturated carbocycles. The van der Waals surface area contributed by atoms with E-state index >= 15 is 0 Å². The Morgan fingerprint density at radius 3 is 2.74 bits per heavy atom. The first-order valence-electron chi connectivity index (χ1n) is 6.30. The number of furan rings is 1. The monoisotopic (exact) mass is 277 g/mol. The summed E-state index contributed by atoms with van der Waals surface area (Å²) < 4.78 is 32.7. The highest BCUT2D eigenvalue weighted by Crippen LogP contribution is 2.31. The fourth-order valence-corrected chi connectivity index (χ4v) is 3.73. The number of hydrogen-bond acceptors (Lipinski definition) is 3. The maximum atomic E-state index is 12.3. The van der Waals surface area contributed by atoms with E-state index in [2.05, 4.69) is 4.72 Å². The van der Waals surface area contributed by atoms with Gasteiger partial charge in [-0.2, -0.15) is 0 Å². The average molecular weight is 277 g/mol. The molecule has 1 aliphatic rings. The second-order valence-corrected chi connectivity index (χ2v) is 6.39. The van der Waals surface area contributed by atoms with E-state index in [0.717, 1.165) is 30.6 Å². The van der Waals surface area contributed by atoms with Gasteiger partial charge in [0.25, 0.3) is 0 Å². The van der Waals surface area contributed by atoms with Gasteiger partial charge >= 0.3 is 0 Å². The number of rotatable bonds is 3. The molecule has 0 radical (unpaired) electrons. The van der Waals surface area contributed by atoms with E-state index in [-0.39, 0.29) is 6.04 Å². The SMILES string of the molecule is O=S(=O)(NC1CCCc2occc21)c1ccccc1. The van der Waals surface area contributed by atoms with Gasteiger partial charge in [0.15, 0.2) is 0 Å². The topological polar surface area (TPSA) is 59.3 Å². The Bertz CT molecular complexity index is 661. The molecule has 100 valence electrons. The summed E-state index contributed by atoms with van der Waals surface area (Å²) in [6.07, 6.45) is 4.24. The van der Waals surface area contributed by atoms with Crippen LogP contribution in [0.15, 0.2) is 52.0 Å². The maximum Gasteiger partial charge on any atom is 0.241 e. The lowest BCUT2D eigenvalue weighted by atomic mass is 9.94. The normalized spacial score (nSPS) is 19.1. The van der Waals surface area contributed by atoms with E-state index in [1.54, 1.807) is 36.6 Å². The largest absolute Gasteiger partial charge is 0.469 e. The van der Waals surface area contributed by atoms with Crippen molar-refractivity contribution in [2.45, 2.75) is 30.2 Å². The Hall–Kier alpha value is -1.59. The standard InChI is InChI=1S/C14H15NO3S/c16-19(17,11-5-2-1-3-6-11)15-13-7-4-8-14-12(13)9-10-18-14/h1-3,5-6,9-10,13,15H,4,7-8H2. The van der Waals surface area contributed by atoms with Gasteiger partial charge in [0.05, 0.1) is 17.2 Å². The lowest BCUT2D eigenvalue weighted by Crippen LogP contribution is -2.30. The van der Waals surface area contributed by atoms with Crippen molar-refractivity contribution in [2.75, 3.05) is 0 Å². The first-order chi connectivity index (χ1) is 9.17. The first kappa shape index (κ1) is 12.4. The summed E-state index contributed by atoms with van der Waals surface area (Å²) in [7, 11) is -3.47. The van der Waals surface area contributed by atoms with E-state index in [0.29, 0.717) is 4.90 Å². The zero-order chi connectivity index (χ0) is 13.3. The summed E-state index contributed by atoms with van der Waals surface area (Å²) in [4.78, 5) is 0.297. The Morgan fingerprint density at radius 1 is 1.16 bits per heavy atom. The molecular weight excluding hydrogens is 262 g/mol. The highest BCUT2D eigenvalue weighted by molar-refractivity contribution is 7.89. The van der Waals surface area contributed by atoms with Crippen molar-refractivity contribution >= 4 is 10.0 Å². The Morgan fingerprint density at radius 2 is 1.95 bits per heavy atom. The first-order valence-corrected chi connectivity index (χ1v) is 7.79. The molecule has 4 nitrogen and oxygen atoms in total. The fraction of sp³-hybridized carbons (Fsp3) is 0.286. The maximum absolute atomic E-state index is 12.3. The molecule has 1 aromatic heterocycles. The van der Waals surface area contributed by atoms with Crippen molar-refractivity contribution in [3.05, 3.63) is 54.0 Å². The lowest BCUT2D eigenvalue weighted by molar-refractivity contribution is 0.438. The molecular formula is C14H15NO3S. The van der Waals surface area contributed by atoms with E-state index in [1.807, 2.05) is 6.07 Å². The number of benzene rings is 1. The summed E-state index contributed by atoms with van der Waals surface area (Å²) in [6, 6.07) is 10.1. The molecule has 1 atom stereocenters. The minimum absolute atomic E-state index is 0.187. The van der Waals surface area contributed by atoms with Crippen LogP contribution in [0.25, 0.3) is 0 Å². The summed E-state index contributed by atoms with van der Waals surface area (Å²) in [5.74, 6) is 0.895. The van der Waals surface area contributed by atoms with Crippen LogP contribution in [0.4, 0.5) is 0 Å². The number of sulfonamides is 1. The predicted octanol–water partition coefficient (Wildman–Crippen LogP) is 2.64. The van der Waals surface area contributed by atoms with Crippen LogP contribution in [-0.4, -0.2) is 8.42 Å². The third-order valence-electron chi connectivity index (χ3n) is 3.40. The van der Waals surface area contributed by atoms with E-state index in [1.165, 1.54) is 0 Å². The van der Waals surface area contributed by atoms with Crippen molar-refractivity contribution in [1.29, 1.82) is 0 Å². The predicted molar refractivity (Wildman–Crippen MR) is 71.2 cm³/mol. The lowest BCUT2D eigenvalue weighted by Gasteiger charge is -2.22. The molecule has 1 unspecified atom stereocenters. The second-order valence-electron chi connectivity index (χ2n) is 4.68. The van der Waals surface area contributed by atoms with Crippen molar-refractivity contribution in [3.63, 3.8) is 0 Å². The molecule has 1 heterocycles. The third kappa shape index (κ3) is 2.43. The molecule has 0 spiro atoms. The minimum atomic E-state index is -3.47. The Labute approximate surface area is 112 Å².